The first kappa shape index (κ1) is 14.4. The summed E-state index contributed by atoms with van der Waals surface area (Å²) in [5.41, 5.74) is -1.12. The van der Waals surface area contributed by atoms with Crippen LogP contribution in [0.15, 0.2) is 0 Å². The van der Waals surface area contributed by atoms with Crippen LogP contribution >= 0.6 is 0 Å². The fraction of sp³-hybridized carbons (Fsp3) is 0.867. The quantitative estimate of drug-likeness (QED) is 0.571. The molecule has 19 heavy (non-hydrogen) atoms. The van der Waals surface area contributed by atoms with Gasteiger partial charge in [-0.2, -0.15) is 0 Å². The Kier molecular flexibility index (Phi) is 3.88. The average molecular weight is 268 g/mol. The van der Waals surface area contributed by atoms with Crippen LogP contribution < -0.4 is 0 Å². The number of rotatable bonds is 2. The van der Waals surface area contributed by atoms with Crippen molar-refractivity contribution >= 4 is 11.9 Å². The van der Waals surface area contributed by atoms with Crippen molar-refractivity contribution in [2.45, 2.75) is 47.0 Å². The van der Waals surface area contributed by atoms with E-state index in [-0.39, 0.29) is 12.7 Å². The van der Waals surface area contributed by atoms with Crippen LogP contribution in [0.4, 0.5) is 0 Å². The zero-order valence-electron chi connectivity index (χ0n) is 12.3. The van der Waals surface area contributed by atoms with Crippen LogP contribution in [-0.4, -0.2) is 18.7 Å². The zero-order chi connectivity index (χ0) is 14.2. The molecule has 1 saturated carbocycles. The number of esters is 2. The number of ether oxygens (including phenoxy) is 2. The minimum atomic E-state index is -1.12. The lowest BCUT2D eigenvalue weighted by molar-refractivity contribution is -0.209. The van der Waals surface area contributed by atoms with Gasteiger partial charge in [0.05, 0.1) is 0 Å². The SMILES string of the molecule is CC1CCC(C(C)C)C(C2(C)C(=O)OCOC2=O)C1. The summed E-state index contributed by atoms with van der Waals surface area (Å²) in [6.07, 6.45) is 3.13. The third kappa shape index (κ3) is 2.37. The van der Waals surface area contributed by atoms with Gasteiger partial charge >= 0.3 is 11.9 Å². The van der Waals surface area contributed by atoms with Gasteiger partial charge in [0.2, 0.25) is 6.79 Å². The van der Waals surface area contributed by atoms with Crippen LogP contribution in [0.3, 0.4) is 0 Å². The molecular formula is C15H24O4. The highest BCUT2D eigenvalue weighted by molar-refractivity contribution is 6.01. The van der Waals surface area contributed by atoms with Gasteiger partial charge in [-0.15, -0.1) is 0 Å². The molecule has 0 N–H and O–H groups in total. The van der Waals surface area contributed by atoms with Gasteiger partial charge in [-0.05, 0) is 43.4 Å². The Morgan fingerprint density at radius 2 is 1.74 bits per heavy atom. The van der Waals surface area contributed by atoms with E-state index in [9.17, 15) is 9.59 Å². The molecule has 0 spiro atoms. The van der Waals surface area contributed by atoms with Crippen molar-refractivity contribution in [3.8, 4) is 0 Å². The lowest BCUT2D eigenvalue weighted by Gasteiger charge is -2.45. The van der Waals surface area contributed by atoms with E-state index < -0.39 is 17.4 Å². The molecule has 2 fully saturated rings. The predicted molar refractivity (Wildman–Crippen MR) is 70.0 cm³/mol. The Morgan fingerprint density at radius 1 is 1.16 bits per heavy atom. The summed E-state index contributed by atoms with van der Waals surface area (Å²) < 4.78 is 10.00. The van der Waals surface area contributed by atoms with Gasteiger partial charge < -0.3 is 9.47 Å². The highest BCUT2D eigenvalue weighted by Gasteiger charge is 2.56. The van der Waals surface area contributed by atoms with Gasteiger partial charge in [0, 0.05) is 0 Å². The van der Waals surface area contributed by atoms with Crippen molar-refractivity contribution in [1.82, 2.24) is 0 Å². The van der Waals surface area contributed by atoms with E-state index in [1.807, 2.05) is 0 Å². The van der Waals surface area contributed by atoms with Crippen molar-refractivity contribution in [3.63, 3.8) is 0 Å². The minimum absolute atomic E-state index is 0.0246. The normalized spacial score (nSPS) is 34.9. The molecule has 0 amide bonds. The van der Waals surface area contributed by atoms with Crippen molar-refractivity contribution in [2.24, 2.45) is 29.1 Å². The number of hydrogen-bond acceptors (Lipinski definition) is 4. The largest absolute Gasteiger partial charge is 0.427 e. The fourth-order valence-corrected chi connectivity index (χ4v) is 3.69. The summed E-state index contributed by atoms with van der Waals surface area (Å²) in [5, 5.41) is 0. The lowest BCUT2D eigenvalue weighted by atomic mass is 9.59. The van der Waals surface area contributed by atoms with E-state index in [1.165, 1.54) is 6.42 Å². The maximum absolute atomic E-state index is 12.2. The molecule has 4 heteroatoms. The van der Waals surface area contributed by atoms with E-state index in [2.05, 4.69) is 20.8 Å². The molecule has 1 aliphatic heterocycles. The number of hydrogen-bond donors (Lipinski definition) is 0. The summed E-state index contributed by atoms with van der Waals surface area (Å²) in [6, 6.07) is 0. The molecule has 3 atom stereocenters. The highest BCUT2D eigenvalue weighted by Crippen LogP contribution is 2.49. The first-order chi connectivity index (χ1) is 8.87. The first-order valence-corrected chi connectivity index (χ1v) is 7.21. The number of carbonyl (C=O) groups is 2. The molecule has 1 aliphatic carbocycles. The summed E-state index contributed by atoms with van der Waals surface area (Å²) in [6.45, 7) is 7.98. The van der Waals surface area contributed by atoms with E-state index in [4.69, 9.17) is 9.47 Å². The Morgan fingerprint density at radius 3 is 2.26 bits per heavy atom. The highest BCUT2D eigenvalue weighted by atomic mass is 16.7. The molecule has 0 aromatic carbocycles. The van der Waals surface area contributed by atoms with Gasteiger partial charge in [0.25, 0.3) is 0 Å². The first-order valence-electron chi connectivity index (χ1n) is 7.21. The average Bonchev–Trinajstić information content (AvgIpc) is 2.35. The van der Waals surface area contributed by atoms with Crippen LogP contribution in [0, 0.1) is 29.1 Å². The Hall–Kier alpha value is -1.06. The van der Waals surface area contributed by atoms with Crippen LogP contribution in [0.5, 0.6) is 0 Å². The third-order valence-electron chi connectivity index (χ3n) is 4.99. The molecule has 0 radical (unpaired) electrons. The van der Waals surface area contributed by atoms with Gasteiger partial charge in [-0.25, -0.2) is 0 Å². The summed E-state index contributed by atoms with van der Waals surface area (Å²) in [4.78, 5) is 24.4. The molecule has 108 valence electrons. The molecule has 4 nitrogen and oxygen atoms in total. The number of cyclic esters (lactones) is 2. The molecule has 3 unspecified atom stereocenters. The second kappa shape index (κ2) is 5.14. The molecule has 0 aromatic rings. The van der Waals surface area contributed by atoms with E-state index in [0.29, 0.717) is 17.8 Å². The molecular weight excluding hydrogens is 244 g/mol. The zero-order valence-corrected chi connectivity index (χ0v) is 12.3. The Balaban J connectivity index is 2.33. The van der Waals surface area contributed by atoms with E-state index in [0.717, 1.165) is 12.8 Å². The topological polar surface area (TPSA) is 52.6 Å². The monoisotopic (exact) mass is 268 g/mol. The second-order valence-corrected chi connectivity index (χ2v) is 6.62. The Bertz CT molecular complexity index is 358. The van der Waals surface area contributed by atoms with Crippen LogP contribution in [0.2, 0.25) is 0 Å². The summed E-state index contributed by atoms with van der Waals surface area (Å²) in [5.74, 6) is 0.578. The van der Waals surface area contributed by atoms with Crippen molar-refractivity contribution in [3.05, 3.63) is 0 Å². The smallest absolute Gasteiger partial charge is 0.326 e. The molecule has 1 saturated heterocycles. The fourth-order valence-electron chi connectivity index (χ4n) is 3.69. The van der Waals surface area contributed by atoms with Crippen molar-refractivity contribution < 1.29 is 19.1 Å². The van der Waals surface area contributed by atoms with E-state index in [1.54, 1.807) is 6.92 Å². The molecule has 2 aliphatic rings. The minimum Gasteiger partial charge on any atom is -0.427 e. The molecule has 2 rings (SSSR count). The predicted octanol–water partition coefficient (Wildman–Crippen LogP) is 2.76. The molecule has 0 bridgehead atoms. The molecule has 1 heterocycles. The van der Waals surface area contributed by atoms with Crippen molar-refractivity contribution in [2.75, 3.05) is 6.79 Å². The van der Waals surface area contributed by atoms with Crippen molar-refractivity contribution in [1.29, 1.82) is 0 Å². The lowest BCUT2D eigenvalue weighted by Crippen LogP contribution is -2.53. The van der Waals surface area contributed by atoms with Gasteiger partial charge in [-0.1, -0.05) is 27.2 Å². The maximum atomic E-state index is 12.2. The van der Waals surface area contributed by atoms with E-state index >= 15 is 0 Å². The summed E-state index contributed by atoms with van der Waals surface area (Å²) in [7, 11) is 0. The number of carbonyl (C=O) groups excluding carboxylic acids is 2. The van der Waals surface area contributed by atoms with Gasteiger partial charge in [0.15, 0.2) is 5.41 Å². The van der Waals surface area contributed by atoms with Gasteiger partial charge in [-0.3, -0.25) is 9.59 Å². The van der Waals surface area contributed by atoms with Crippen LogP contribution in [0.25, 0.3) is 0 Å². The third-order valence-corrected chi connectivity index (χ3v) is 4.99. The summed E-state index contributed by atoms with van der Waals surface area (Å²) >= 11 is 0. The Labute approximate surface area is 114 Å². The maximum Gasteiger partial charge on any atom is 0.326 e. The van der Waals surface area contributed by atoms with Crippen LogP contribution in [-0.2, 0) is 19.1 Å². The van der Waals surface area contributed by atoms with Gasteiger partial charge in [0.1, 0.15) is 0 Å². The van der Waals surface area contributed by atoms with Crippen LogP contribution in [0.1, 0.15) is 47.0 Å². The second-order valence-electron chi connectivity index (χ2n) is 6.62. The standard InChI is InChI=1S/C15H24O4/c1-9(2)11-6-5-10(3)7-12(11)15(4)13(16)18-8-19-14(15)17/h9-12H,5-8H2,1-4H3. The molecule has 0 aromatic heterocycles.